The van der Waals surface area contributed by atoms with Crippen LogP contribution in [0.5, 0.6) is 5.75 Å². The number of aliphatic hydroxyl groups is 1. The molecule has 0 spiro atoms. The Kier molecular flexibility index (Phi) is 6.23. The second-order valence-electron chi connectivity index (χ2n) is 4.96. The number of hydrogen-bond acceptors (Lipinski definition) is 3. The van der Waals surface area contributed by atoms with E-state index in [1.165, 1.54) is 5.56 Å². The normalized spacial score (nSPS) is 13.7. The predicted molar refractivity (Wildman–Crippen MR) is 88.5 cm³/mol. The minimum atomic E-state index is -0.542. The first kappa shape index (κ1) is 16.0. The van der Waals surface area contributed by atoms with Crippen molar-refractivity contribution in [3.05, 3.63) is 64.6 Å². The lowest BCUT2D eigenvalue weighted by atomic mass is 10.1. The fourth-order valence-corrected chi connectivity index (χ4v) is 2.22. The van der Waals surface area contributed by atoms with E-state index in [0.717, 1.165) is 10.2 Å². The molecule has 0 unspecified atom stereocenters. The highest BCUT2D eigenvalue weighted by Crippen LogP contribution is 2.16. The molecule has 2 rings (SSSR count). The molecule has 112 valence electrons. The molecule has 0 heterocycles. The van der Waals surface area contributed by atoms with Crippen LogP contribution in [0, 0.1) is 0 Å². The van der Waals surface area contributed by atoms with E-state index in [0.29, 0.717) is 6.54 Å². The Hall–Kier alpha value is -1.36. The monoisotopic (exact) mass is 349 g/mol. The smallest absolute Gasteiger partial charge is 0.119 e. The summed E-state index contributed by atoms with van der Waals surface area (Å²) in [6, 6.07) is 17.9. The zero-order valence-corrected chi connectivity index (χ0v) is 13.6. The van der Waals surface area contributed by atoms with Crippen molar-refractivity contribution < 1.29 is 9.84 Å². The molecule has 0 radical (unpaired) electrons. The summed E-state index contributed by atoms with van der Waals surface area (Å²) in [5.41, 5.74) is 1.21. The van der Waals surface area contributed by atoms with E-state index in [-0.39, 0.29) is 12.6 Å². The minimum absolute atomic E-state index is 0.202. The van der Waals surface area contributed by atoms with Crippen molar-refractivity contribution in [2.75, 3.05) is 13.2 Å². The summed E-state index contributed by atoms with van der Waals surface area (Å²) in [5.74, 6) is 0.758. The molecular formula is C17H20BrNO2. The molecule has 0 amide bonds. The van der Waals surface area contributed by atoms with E-state index < -0.39 is 6.10 Å². The first-order valence-corrected chi connectivity index (χ1v) is 7.79. The first-order valence-electron chi connectivity index (χ1n) is 7.00. The van der Waals surface area contributed by atoms with Gasteiger partial charge in [-0.2, -0.15) is 0 Å². The Labute approximate surface area is 134 Å². The third-order valence-corrected chi connectivity index (χ3v) is 3.74. The van der Waals surface area contributed by atoms with Gasteiger partial charge in [-0.1, -0.05) is 46.3 Å². The zero-order chi connectivity index (χ0) is 15.1. The van der Waals surface area contributed by atoms with Gasteiger partial charge in [-0.25, -0.2) is 0 Å². The Bertz CT molecular complexity index is 530. The summed E-state index contributed by atoms with van der Waals surface area (Å²) in [6.45, 7) is 2.85. The molecular weight excluding hydrogens is 330 g/mol. The molecule has 0 aliphatic carbocycles. The van der Waals surface area contributed by atoms with Crippen molar-refractivity contribution in [1.29, 1.82) is 0 Å². The Balaban J connectivity index is 1.72. The average molecular weight is 350 g/mol. The molecule has 0 aliphatic heterocycles. The molecule has 4 heteroatoms. The van der Waals surface area contributed by atoms with Crippen LogP contribution in [0.2, 0.25) is 0 Å². The Morgan fingerprint density at radius 1 is 1.10 bits per heavy atom. The molecule has 0 saturated carbocycles. The fraction of sp³-hybridized carbons (Fsp3) is 0.294. The Morgan fingerprint density at radius 3 is 2.43 bits per heavy atom. The molecule has 21 heavy (non-hydrogen) atoms. The average Bonchev–Trinajstić information content (AvgIpc) is 2.53. The van der Waals surface area contributed by atoms with E-state index in [9.17, 15) is 5.11 Å². The molecule has 0 saturated heterocycles. The topological polar surface area (TPSA) is 41.5 Å². The Morgan fingerprint density at radius 2 is 1.76 bits per heavy atom. The lowest BCUT2D eigenvalue weighted by Gasteiger charge is -2.18. The van der Waals surface area contributed by atoms with Crippen LogP contribution in [0.4, 0.5) is 0 Å². The van der Waals surface area contributed by atoms with Gasteiger partial charge in [-0.3, -0.25) is 0 Å². The lowest BCUT2D eigenvalue weighted by Crippen LogP contribution is -2.33. The number of ether oxygens (including phenoxy) is 1. The summed E-state index contributed by atoms with van der Waals surface area (Å²) >= 11 is 3.37. The van der Waals surface area contributed by atoms with Crippen LogP contribution in [0.25, 0.3) is 0 Å². The zero-order valence-electron chi connectivity index (χ0n) is 12.0. The van der Waals surface area contributed by atoms with Crippen LogP contribution in [0.1, 0.15) is 18.5 Å². The summed E-state index contributed by atoms with van der Waals surface area (Å²) in [7, 11) is 0. The van der Waals surface area contributed by atoms with Gasteiger partial charge < -0.3 is 15.2 Å². The van der Waals surface area contributed by atoms with Crippen LogP contribution < -0.4 is 10.1 Å². The first-order chi connectivity index (χ1) is 10.1. The van der Waals surface area contributed by atoms with Crippen LogP contribution in [0.15, 0.2) is 59.1 Å². The third kappa shape index (κ3) is 5.50. The molecule has 2 atom stereocenters. The van der Waals surface area contributed by atoms with Crippen LogP contribution in [-0.4, -0.2) is 24.4 Å². The molecule has 2 aromatic carbocycles. The van der Waals surface area contributed by atoms with Crippen LogP contribution in [-0.2, 0) is 0 Å². The van der Waals surface area contributed by atoms with Gasteiger partial charge in [0.05, 0.1) is 0 Å². The number of hydrogen-bond donors (Lipinski definition) is 2. The molecule has 3 nitrogen and oxygen atoms in total. The quantitative estimate of drug-likeness (QED) is 0.803. The van der Waals surface area contributed by atoms with Gasteiger partial charge >= 0.3 is 0 Å². The third-order valence-electron chi connectivity index (χ3n) is 3.22. The highest BCUT2D eigenvalue weighted by Gasteiger charge is 2.09. The van der Waals surface area contributed by atoms with Crippen molar-refractivity contribution in [1.82, 2.24) is 5.32 Å². The molecule has 2 aromatic rings. The van der Waals surface area contributed by atoms with E-state index in [1.807, 2.05) is 42.5 Å². The molecule has 2 N–H and O–H groups in total. The second kappa shape index (κ2) is 8.17. The predicted octanol–water partition coefficient (Wildman–Crippen LogP) is 3.54. The van der Waals surface area contributed by atoms with Gasteiger partial charge in [0.1, 0.15) is 18.5 Å². The van der Waals surface area contributed by atoms with Gasteiger partial charge in [0.25, 0.3) is 0 Å². The van der Waals surface area contributed by atoms with Crippen molar-refractivity contribution in [2.45, 2.75) is 19.1 Å². The SMILES string of the molecule is C[C@H](NC[C@@H](O)COc1ccc(Br)cc1)c1ccccc1. The van der Waals surface area contributed by atoms with Gasteiger partial charge in [-0.05, 0) is 36.8 Å². The molecule has 0 aromatic heterocycles. The molecule has 0 aliphatic rings. The minimum Gasteiger partial charge on any atom is -0.491 e. The van der Waals surface area contributed by atoms with Gasteiger partial charge in [0, 0.05) is 17.1 Å². The fourth-order valence-electron chi connectivity index (χ4n) is 1.95. The van der Waals surface area contributed by atoms with Gasteiger partial charge in [-0.15, -0.1) is 0 Å². The summed E-state index contributed by atoms with van der Waals surface area (Å²) < 4.78 is 6.56. The van der Waals surface area contributed by atoms with Crippen LogP contribution in [0.3, 0.4) is 0 Å². The van der Waals surface area contributed by atoms with E-state index in [4.69, 9.17) is 4.74 Å². The number of nitrogens with one attached hydrogen (secondary N) is 1. The maximum atomic E-state index is 9.96. The van der Waals surface area contributed by atoms with Crippen molar-refractivity contribution in [3.63, 3.8) is 0 Å². The lowest BCUT2D eigenvalue weighted by molar-refractivity contribution is 0.104. The molecule has 0 fully saturated rings. The van der Waals surface area contributed by atoms with E-state index in [1.54, 1.807) is 0 Å². The summed E-state index contributed by atoms with van der Waals surface area (Å²) in [4.78, 5) is 0. The van der Waals surface area contributed by atoms with E-state index in [2.05, 4.69) is 40.3 Å². The second-order valence-corrected chi connectivity index (χ2v) is 5.88. The van der Waals surface area contributed by atoms with Crippen LogP contribution >= 0.6 is 15.9 Å². The van der Waals surface area contributed by atoms with Crippen molar-refractivity contribution in [3.8, 4) is 5.75 Å². The largest absolute Gasteiger partial charge is 0.491 e. The van der Waals surface area contributed by atoms with Crippen molar-refractivity contribution in [2.24, 2.45) is 0 Å². The number of rotatable bonds is 7. The summed E-state index contributed by atoms with van der Waals surface area (Å²) in [5, 5.41) is 13.3. The molecule has 0 bridgehead atoms. The number of halogens is 1. The van der Waals surface area contributed by atoms with Gasteiger partial charge in [0.2, 0.25) is 0 Å². The van der Waals surface area contributed by atoms with Crippen molar-refractivity contribution >= 4 is 15.9 Å². The summed E-state index contributed by atoms with van der Waals surface area (Å²) in [6.07, 6.45) is -0.542. The number of aliphatic hydroxyl groups excluding tert-OH is 1. The number of benzene rings is 2. The highest BCUT2D eigenvalue weighted by molar-refractivity contribution is 9.10. The standard InChI is InChI=1S/C17H20BrNO2/c1-13(14-5-3-2-4-6-14)19-11-16(20)12-21-17-9-7-15(18)8-10-17/h2-10,13,16,19-20H,11-12H2,1H3/t13-,16+/m0/s1. The maximum absolute atomic E-state index is 9.96. The highest BCUT2D eigenvalue weighted by atomic mass is 79.9. The van der Waals surface area contributed by atoms with Gasteiger partial charge in [0.15, 0.2) is 0 Å². The maximum Gasteiger partial charge on any atom is 0.119 e. The van der Waals surface area contributed by atoms with E-state index >= 15 is 0 Å².